The SMILES string of the molecule is CCNc1nc(N2CCC(NC(C)=O)CC2)c(F)cc1F. The van der Waals surface area contributed by atoms with E-state index < -0.39 is 11.6 Å². The van der Waals surface area contributed by atoms with Crippen LogP contribution in [0.4, 0.5) is 20.4 Å². The number of nitrogens with zero attached hydrogens (tertiary/aromatic N) is 2. The van der Waals surface area contributed by atoms with Crippen LogP contribution in [-0.2, 0) is 4.79 Å². The summed E-state index contributed by atoms with van der Waals surface area (Å²) in [6.45, 7) is 4.97. The minimum Gasteiger partial charge on any atom is -0.368 e. The monoisotopic (exact) mass is 298 g/mol. The molecule has 5 nitrogen and oxygen atoms in total. The van der Waals surface area contributed by atoms with Gasteiger partial charge in [0.1, 0.15) is 0 Å². The highest BCUT2D eigenvalue weighted by molar-refractivity contribution is 5.73. The number of halogens is 2. The van der Waals surface area contributed by atoms with E-state index in [1.54, 1.807) is 4.90 Å². The molecule has 1 aliphatic rings. The van der Waals surface area contributed by atoms with E-state index in [-0.39, 0.29) is 23.6 Å². The van der Waals surface area contributed by atoms with Gasteiger partial charge in [0.15, 0.2) is 23.3 Å². The fourth-order valence-corrected chi connectivity index (χ4v) is 2.49. The number of pyridine rings is 1. The summed E-state index contributed by atoms with van der Waals surface area (Å²) in [6.07, 6.45) is 1.43. The molecule has 1 saturated heterocycles. The van der Waals surface area contributed by atoms with E-state index in [0.717, 1.165) is 6.07 Å². The smallest absolute Gasteiger partial charge is 0.217 e. The van der Waals surface area contributed by atoms with Crippen molar-refractivity contribution in [1.82, 2.24) is 10.3 Å². The van der Waals surface area contributed by atoms with Crippen LogP contribution in [0.5, 0.6) is 0 Å². The van der Waals surface area contributed by atoms with E-state index in [4.69, 9.17) is 0 Å². The fourth-order valence-electron chi connectivity index (χ4n) is 2.49. The van der Waals surface area contributed by atoms with Gasteiger partial charge in [-0.2, -0.15) is 0 Å². The summed E-state index contributed by atoms with van der Waals surface area (Å²) >= 11 is 0. The van der Waals surface area contributed by atoms with Gasteiger partial charge in [-0.25, -0.2) is 13.8 Å². The number of piperidine rings is 1. The summed E-state index contributed by atoms with van der Waals surface area (Å²) in [6, 6.07) is 0.968. The number of aromatic nitrogens is 1. The van der Waals surface area contributed by atoms with Gasteiger partial charge in [0.25, 0.3) is 0 Å². The quantitative estimate of drug-likeness (QED) is 0.891. The zero-order valence-corrected chi connectivity index (χ0v) is 12.2. The van der Waals surface area contributed by atoms with E-state index in [1.807, 2.05) is 6.92 Å². The molecular formula is C14H20F2N4O. The Morgan fingerprint density at radius 1 is 1.38 bits per heavy atom. The molecule has 1 fully saturated rings. The average Bonchev–Trinajstić information content (AvgIpc) is 2.42. The van der Waals surface area contributed by atoms with Crippen LogP contribution in [0.3, 0.4) is 0 Å². The number of nitrogens with one attached hydrogen (secondary N) is 2. The maximum absolute atomic E-state index is 13.9. The van der Waals surface area contributed by atoms with Gasteiger partial charge < -0.3 is 15.5 Å². The third-order valence-electron chi connectivity index (χ3n) is 3.46. The van der Waals surface area contributed by atoms with Crippen molar-refractivity contribution in [2.45, 2.75) is 32.7 Å². The third kappa shape index (κ3) is 3.80. The zero-order valence-electron chi connectivity index (χ0n) is 12.2. The average molecular weight is 298 g/mol. The maximum Gasteiger partial charge on any atom is 0.217 e. The Labute approximate surface area is 122 Å². The first-order valence-corrected chi connectivity index (χ1v) is 7.13. The molecule has 1 amide bonds. The van der Waals surface area contributed by atoms with Crippen LogP contribution in [0.2, 0.25) is 0 Å². The van der Waals surface area contributed by atoms with Crippen molar-refractivity contribution in [3.8, 4) is 0 Å². The van der Waals surface area contributed by atoms with Crippen LogP contribution in [0, 0.1) is 11.6 Å². The molecule has 0 bridgehead atoms. The number of rotatable bonds is 4. The van der Waals surface area contributed by atoms with Crippen LogP contribution in [0.1, 0.15) is 26.7 Å². The Morgan fingerprint density at radius 3 is 2.62 bits per heavy atom. The number of anilines is 2. The molecular weight excluding hydrogens is 278 g/mol. The summed E-state index contributed by atoms with van der Waals surface area (Å²) in [5.41, 5.74) is 0. The Balaban J connectivity index is 2.09. The van der Waals surface area contributed by atoms with Crippen molar-refractivity contribution in [3.05, 3.63) is 17.7 Å². The van der Waals surface area contributed by atoms with Gasteiger partial charge in [-0.1, -0.05) is 0 Å². The highest BCUT2D eigenvalue weighted by Gasteiger charge is 2.24. The first-order chi connectivity index (χ1) is 10.0. The Hall–Kier alpha value is -1.92. The molecule has 21 heavy (non-hydrogen) atoms. The summed E-state index contributed by atoms with van der Waals surface area (Å²) < 4.78 is 27.5. The van der Waals surface area contributed by atoms with E-state index in [2.05, 4.69) is 15.6 Å². The van der Waals surface area contributed by atoms with Crippen molar-refractivity contribution in [2.75, 3.05) is 29.9 Å². The van der Waals surface area contributed by atoms with Gasteiger partial charge in [-0.3, -0.25) is 4.79 Å². The van der Waals surface area contributed by atoms with Crippen molar-refractivity contribution >= 4 is 17.5 Å². The third-order valence-corrected chi connectivity index (χ3v) is 3.46. The highest BCUT2D eigenvalue weighted by Crippen LogP contribution is 2.25. The summed E-state index contributed by atoms with van der Waals surface area (Å²) in [7, 11) is 0. The summed E-state index contributed by atoms with van der Waals surface area (Å²) in [5, 5.41) is 5.64. The van der Waals surface area contributed by atoms with E-state index in [1.165, 1.54) is 6.92 Å². The Morgan fingerprint density at radius 2 is 2.05 bits per heavy atom. The number of carbonyl (C=O) groups excluding carboxylic acids is 1. The standard InChI is InChI=1S/C14H20F2N4O/c1-3-17-13-11(15)8-12(16)14(19-13)20-6-4-10(5-7-20)18-9(2)21/h8,10H,3-7H2,1-2H3,(H,17,19)(H,18,21). The molecule has 0 unspecified atom stereocenters. The highest BCUT2D eigenvalue weighted by atomic mass is 19.1. The Kier molecular flexibility index (Phi) is 4.93. The second kappa shape index (κ2) is 6.69. The van der Waals surface area contributed by atoms with Crippen LogP contribution in [-0.4, -0.2) is 36.6 Å². The van der Waals surface area contributed by atoms with Crippen LogP contribution in [0.25, 0.3) is 0 Å². The van der Waals surface area contributed by atoms with Crippen molar-refractivity contribution in [1.29, 1.82) is 0 Å². The second-order valence-corrected chi connectivity index (χ2v) is 5.12. The van der Waals surface area contributed by atoms with Crippen molar-refractivity contribution in [2.24, 2.45) is 0 Å². The first kappa shape index (κ1) is 15.5. The molecule has 116 valence electrons. The van der Waals surface area contributed by atoms with E-state index in [9.17, 15) is 13.6 Å². The predicted molar refractivity (Wildman–Crippen MR) is 77.4 cm³/mol. The number of amides is 1. The molecule has 0 aromatic carbocycles. The van der Waals surface area contributed by atoms with Gasteiger partial charge in [-0.05, 0) is 19.8 Å². The van der Waals surface area contributed by atoms with Crippen molar-refractivity contribution in [3.63, 3.8) is 0 Å². The molecule has 1 aliphatic heterocycles. The minimum atomic E-state index is -0.689. The topological polar surface area (TPSA) is 57.3 Å². The predicted octanol–water partition coefficient (Wildman–Crippen LogP) is 1.90. The zero-order chi connectivity index (χ0) is 15.4. The minimum absolute atomic E-state index is 0.0611. The molecule has 1 aromatic heterocycles. The normalized spacial score (nSPS) is 15.9. The van der Waals surface area contributed by atoms with Gasteiger partial charge >= 0.3 is 0 Å². The number of hydrogen-bond donors (Lipinski definition) is 2. The lowest BCUT2D eigenvalue weighted by atomic mass is 10.0. The van der Waals surface area contributed by atoms with Gasteiger partial charge in [0.05, 0.1) is 0 Å². The van der Waals surface area contributed by atoms with Crippen LogP contribution < -0.4 is 15.5 Å². The molecule has 2 N–H and O–H groups in total. The number of hydrogen-bond acceptors (Lipinski definition) is 4. The fraction of sp³-hybridized carbons (Fsp3) is 0.571. The van der Waals surface area contributed by atoms with Gasteiger partial charge in [-0.15, -0.1) is 0 Å². The largest absolute Gasteiger partial charge is 0.368 e. The summed E-state index contributed by atoms with van der Waals surface area (Å²) in [4.78, 5) is 16.9. The second-order valence-electron chi connectivity index (χ2n) is 5.12. The molecule has 1 aromatic rings. The molecule has 0 atom stereocenters. The molecule has 7 heteroatoms. The maximum atomic E-state index is 13.9. The molecule has 0 aliphatic carbocycles. The molecule has 0 radical (unpaired) electrons. The lowest BCUT2D eigenvalue weighted by Gasteiger charge is -2.33. The van der Waals surface area contributed by atoms with Gasteiger partial charge in [0, 0.05) is 38.7 Å². The van der Waals surface area contributed by atoms with Crippen LogP contribution >= 0.6 is 0 Å². The molecule has 2 rings (SSSR count). The van der Waals surface area contributed by atoms with E-state index >= 15 is 0 Å². The molecule has 0 saturated carbocycles. The Bertz CT molecular complexity index is 516. The molecule has 0 spiro atoms. The van der Waals surface area contributed by atoms with Crippen molar-refractivity contribution < 1.29 is 13.6 Å². The number of carbonyl (C=O) groups is 1. The lowest BCUT2D eigenvalue weighted by molar-refractivity contribution is -0.119. The van der Waals surface area contributed by atoms with Gasteiger partial charge in [0.2, 0.25) is 5.91 Å². The summed E-state index contributed by atoms with van der Waals surface area (Å²) in [5.74, 6) is -1.18. The van der Waals surface area contributed by atoms with E-state index in [0.29, 0.717) is 32.5 Å². The lowest BCUT2D eigenvalue weighted by Crippen LogP contribution is -2.44. The molecule has 2 heterocycles. The van der Waals surface area contributed by atoms with Crippen LogP contribution in [0.15, 0.2) is 6.07 Å². The first-order valence-electron chi connectivity index (χ1n) is 7.13.